The SMILES string of the molecule is CC[C@@H]([C@H](C)OC)n1c(=O)[nH]c2ccccc21. The predicted molar refractivity (Wildman–Crippen MR) is 68.4 cm³/mol. The molecule has 0 spiro atoms. The minimum absolute atomic E-state index is 0.0110. The van der Waals surface area contributed by atoms with Crippen molar-refractivity contribution in [1.82, 2.24) is 9.55 Å². The number of aromatic nitrogens is 2. The lowest BCUT2D eigenvalue weighted by Gasteiger charge is -2.22. The van der Waals surface area contributed by atoms with Crippen LogP contribution in [0.25, 0.3) is 11.0 Å². The van der Waals surface area contributed by atoms with Gasteiger partial charge in [-0.3, -0.25) is 4.57 Å². The van der Waals surface area contributed by atoms with Gasteiger partial charge >= 0.3 is 5.69 Å². The number of hydrogen-bond acceptors (Lipinski definition) is 2. The maximum atomic E-state index is 12.0. The standard InChI is InChI=1S/C13H18N2O2/c1-4-11(9(2)17-3)15-12-8-6-5-7-10(12)14-13(15)16/h5-9,11H,4H2,1-3H3,(H,14,16)/t9-,11-/m0/s1. The first kappa shape index (κ1) is 11.9. The van der Waals surface area contributed by atoms with Gasteiger partial charge in [-0.2, -0.15) is 0 Å². The van der Waals surface area contributed by atoms with E-state index in [1.165, 1.54) is 0 Å². The highest BCUT2D eigenvalue weighted by molar-refractivity contribution is 5.75. The summed E-state index contributed by atoms with van der Waals surface area (Å²) < 4.78 is 7.15. The van der Waals surface area contributed by atoms with E-state index in [0.29, 0.717) is 0 Å². The van der Waals surface area contributed by atoms with Crippen molar-refractivity contribution in [2.24, 2.45) is 0 Å². The largest absolute Gasteiger partial charge is 0.380 e. The van der Waals surface area contributed by atoms with E-state index in [1.807, 2.05) is 31.2 Å². The minimum atomic E-state index is -0.0676. The summed E-state index contributed by atoms with van der Waals surface area (Å²) in [5.41, 5.74) is 1.74. The number of methoxy groups -OCH3 is 1. The van der Waals surface area contributed by atoms with Crippen molar-refractivity contribution in [2.45, 2.75) is 32.4 Å². The van der Waals surface area contributed by atoms with E-state index in [4.69, 9.17) is 4.74 Å². The van der Waals surface area contributed by atoms with E-state index in [9.17, 15) is 4.79 Å². The monoisotopic (exact) mass is 234 g/mol. The Labute approximate surface area is 100 Å². The molecule has 0 aliphatic rings. The molecule has 2 atom stereocenters. The van der Waals surface area contributed by atoms with Crippen LogP contribution in [0.1, 0.15) is 26.3 Å². The van der Waals surface area contributed by atoms with Gasteiger partial charge in [0.05, 0.1) is 23.2 Å². The van der Waals surface area contributed by atoms with Crippen LogP contribution in [0.2, 0.25) is 0 Å². The summed E-state index contributed by atoms with van der Waals surface area (Å²) in [5.74, 6) is 0. The third-order valence-electron chi connectivity index (χ3n) is 3.29. The highest BCUT2D eigenvalue weighted by Crippen LogP contribution is 2.21. The zero-order chi connectivity index (χ0) is 12.4. The van der Waals surface area contributed by atoms with Crippen LogP contribution in [0.15, 0.2) is 29.1 Å². The van der Waals surface area contributed by atoms with Gasteiger partial charge in [0.2, 0.25) is 0 Å². The summed E-state index contributed by atoms with van der Waals surface area (Å²) in [6.07, 6.45) is 0.869. The number of ether oxygens (including phenoxy) is 1. The van der Waals surface area contributed by atoms with E-state index in [0.717, 1.165) is 17.5 Å². The molecule has 2 aromatic rings. The topological polar surface area (TPSA) is 47.0 Å². The highest BCUT2D eigenvalue weighted by Gasteiger charge is 2.21. The van der Waals surface area contributed by atoms with Crippen molar-refractivity contribution in [3.63, 3.8) is 0 Å². The van der Waals surface area contributed by atoms with Gasteiger partial charge in [0, 0.05) is 7.11 Å². The number of benzene rings is 1. The second kappa shape index (κ2) is 4.75. The quantitative estimate of drug-likeness (QED) is 0.882. The van der Waals surface area contributed by atoms with Gasteiger partial charge in [0.1, 0.15) is 0 Å². The van der Waals surface area contributed by atoms with E-state index >= 15 is 0 Å². The Kier molecular flexibility index (Phi) is 3.33. The summed E-state index contributed by atoms with van der Waals surface area (Å²) >= 11 is 0. The number of aromatic amines is 1. The van der Waals surface area contributed by atoms with E-state index < -0.39 is 0 Å². The molecular formula is C13H18N2O2. The molecule has 0 fully saturated rings. The second-order valence-corrected chi connectivity index (χ2v) is 4.23. The fraction of sp³-hybridized carbons (Fsp3) is 0.462. The molecule has 0 bridgehead atoms. The van der Waals surface area contributed by atoms with Crippen LogP contribution in [-0.4, -0.2) is 22.8 Å². The average molecular weight is 234 g/mol. The van der Waals surface area contributed by atoms with Crippen molar-refractivity contribution >= 4 is 11.0 Å². The van der Waals surface area contributed by atoms with Crippen LogP contribution in [0.3, 0.4) is 0 Å². The molecule has 1 aromatic heterocycles. The lowest BCUT2D eigenvalue weighted by Crippen LogP contribution is -2.30. The Morgan fingerprint density at radius 2 is 2.12 bits per heavy atom. The molecule has 0 saturated heterocycles. The third-order valence-corrected chi connectivity index (χ3v) is 3.29. The fourth-order valence-electron chi connectivity index (χ4n) is 2.29. The first-order chi connectivity index (χ1) is 8.19. The van der Waals surface area contributed by atoms with Crippen molar-refractivity contribution in [1.29, 1.82) is 0 Å². The first-order valence-corrected chi connectivity index (χ1v) is 5.91. The highest BCUT2D eigenvalue weighted by atomic mass is 16.5. The molecule has 1 N–H and O–H groups in total. The number of hydrogen-bond donors (Lipinski definition) is 1. The van der Waals surface area contributed by atoms with Crippen molar-refractivity contribution in [2.75, 3.05) is 7.11 Å². The molecule has 0 unspecified atom stereocenters. The first-order valence-electron chi connectivity index (χ1n) is 5.91. The van der Waals surface area contributed by atoms with Gasteiger partial charge in [0.25, 0.3) is 0 Å². The zero-order valence-electron chi connectivity index (χ0n) is 10.4. The summed E-state index contributed by atoms with van der Waals surface area (Å²) in [6, 6.07) is 7.79. The van der Waals surface area contributed by atoms with Crippen LogP contribution in [0.4, 0.5) is 0 Å². The number of nitrogens with zero attached hydrogens (tertiary/aromatic N) is 1. The molecule has 92 valence electrons. The Hall–Kier alpha value is -1.55. The molecule has 1 heterocycles. The molecule has 0 saturated carbocycles. The van der Waals surface area contributed by atoms with Gasteiger partial charge in [0.15, 0.2) is 0 Å². The van der Waals surface area contributed by atoms with Crippen molar-refractivity contribution in [3.8, 4) is 0 Å². The fourth-order valence-corrected chi connectivity index (χ4v) is 2.29. The number of imidazole rings is 1. The molecular weight excluding hydrogens is 216 g/mol. The molecule has 0 aliphatic carbocycles. The summed E-state index contributed by atoms with van der Waals surface area (Å²) in [4.78, 5) is 14.9. The molecule has 0 radical (unpaired) electrons. The Bertz CT molecular complexity index is 556. The van der Waals surface area contributed by atoms with Crippen LogP contribution in [-0.2, 0) is 4.74 Å². The van der Waals surface area contributed by atoms with E-state index in [-0.39, 0.29) is 17.8 Å². The number of fused-ring (bicyclic) bond motifs is 1. The number of para-hydroxylation sites is 2. The second-order valence-electron chi connectivity index (χ2n) is 4.23. The van der Waals surface area contributed by atoms with Gasteiger partial charge in [-0.1, -0.05) is 19.1 Å². The molecule has 0 aliphatic heterocycles. The van der Waals surface area contributed by atoms with Gasteiger partial charge < -0.3 is 9.72 Å². The number of rotatable bonds is 4. The normalized spacial score (nSPS) is 15.0. The molecule has 1 aromatic carbocycles. The lowest BCUT2D eigenvalue weighted by molar-refractivity contribution is 0.0698. The molecule has 4 nitrogen and oxygen atoms in total. The maximum Gasteiger partial charge on any atom is 0.326 e. The predicted octanol–water partition coefficient (Wildman–Crippen LogP) is 2.32. The Balaban J connectivity index is 2.60. The number of H-pyrrole nitrogens is 1. The van der Waals surface area contributed by atoms with Crippen LogP contribution in [0.5, 0.6) is 0 Å². The molecule has 4 heteroatoms. The van der Waals surface area contributed by atoms with Crippen molar-refractivity contribution < 1.29 is 4.74 Å². The zero-order valence-corrected chi connectivity index (χ0v) is 10.4. The van der Waals surface area contributed by atoms with Gasteiger partial charge in [-0.05, 0) is 25.5 Å². The lowest BCUT2D eigenvalue weighted by atomic mass is 10.1. The smallest absolute Gasteiger partial charge is 0.326 e. The molecule has 17 heavy (non-hydrogen) atoms. The van der Waals surface area contributed by atoms with Crippen molar-refractivity contribution in [3.05, 3.63) is 34.7 Å². The Morgan fingerprint density at radius 3 is 2.76 bits per heavy atom. The van der Waals surface area contributed by atoms with Crippen LogP contribution in [0, 0.1) is 0 Å². The maximum absolute atomic E-state index is 12.0. The minimum Gasteiger partial charge on any atom is -0.380 e. The Morgan fingerprint density at radius 1 is 1.41 bits per heavy atom. The average Bonchev–Trinajstić information content (AvgIpc) is 2.67. The van der Waals surface area contributed by atoms with Gasteiger partial charge in [-0.15, -0.1) is 0 Å². The number of nitrogens with one attached hydrogen (secondary N) is 1. The summed E-state index contributed by atoms with van der Waals surface area (Å²) in [5, 5.41) is 0. The summed E-state index contributed by atoms with van der Waals surface area (Å²) in [6.45, 7) is 4.05. The van der Waals surface area contributed by atoms with Crippen LogP contribution >= 0.6 is 0 Å². The summed E-state index contributed by atoms with van der Waals surface area (Å²) in [7, 11) is 1.67. The third kappa shape index (κ3) is 2.00. The van der Waals surface area contributed by atoms with E-state index in [1.54, 1.807) is 11.7 Å². The molecule has 2 rings (SSSR count). The van der Waals surface area contributed by atoms with E-state index in [2.05, 4.69) is 11.9 Å². The molecule has 0 amide bonds. The van der Waals surface area contributed by atoms with Gasteiger partial charge in [-0.25, -0.2) is 4.79 Å². The van der Waals surface area contributed by atoms with Crippen LogP contribution < -0.4 is 5.69 Å².